The van der Waals surface area contributed by atoms with Crippen LogP contribution in [0.5, 0.6) is 0 Å². The molecule has 2 rings (SSSR count). The lowest BCUT2D eigenvalue weighted by Gasteiger charge is -2.46. The Morgan fingerprint density at radius 2 is 0.920 bits per heavy atom. The zero-order chi connectivity index (χ0) is 54.6. The Bertz CT molecular complexity index is 1580. The van der Waals surface area contributed by atoms with Gasteiger partial charge < -0.3 is 65.1 Å². The number of carbonyl (C=O) groups is 1. The predicted octanol–water partition coefficient (Wildman–Crippen LogP) is 9.72. The molecule has 12 atom stereocenters. The lowest BCUT2D eigenvalue weighted by Crippen LogP contribution is -2.65. The average molecular weight is 1060 g/mol. The van der Waals surface area contributed by atoms with Crippen molar-refractivity contribution in [1.29, 1.82) is 0 Å². The molecular weight excluding hydrogens is 955 g/mol. The number of nitrogens with one attached hydrogen (secondary N) is 1. The van der Waals surface area contributed by atoms with Gasteiger partial charge in [0.25, 0.3) is 0 Å². The van der Waals surface area contributed by atoms with Crippen LogP contribution in [0.1, 0.15) is 200 Å². The maximum absolute atomic E-state index is 13.2. The van der Waals surface area contributed by atoms with Crippen molar-refractivity contribution in [2.45, 2.75) is 274 Å². The third kappa shape index (κ3) is 32.0. The van der Waals surface area contributed by atoms with E-state index < -0.39 is 86.8 Å². The highest BCUT2D eigenvalue weighted by molar-refractivity contribution is 5.76. The van der Waals surface area contributed by atoms with Gasteiger partial charge in [0.1, 0.15) is 48.8 Å². The number of unbranched alkanes of at least 4 members (excludes halogenated alkanes) is 18. The monoisotopic (exact) mass is 1060 g/mol. The Morgan fingerprint density at radius 3 is 1.41 bits per heavy atom. The maximum Gasteiger partial charge on any atom is 0.220 e. The molecule has 0 aliphatic carbocycles. The predicted molar refractivity (Wildman–Crippen MR) is 300 cm³/mol. The second kappa shape index (κ2) is 46.1. The van der Waals surface area contributed by atoms with Gasteiger partial charge in [-0.25, -0.2) is 0 Å². The van der Waals surface area contributed by atoms with E-state index in [-0.39, 0.29) is 12.5 Å². The highest BCUT2D eigenvalue weighted by atomic mass is 16.7. The lowest BCUT2D eigenvalue weighted by molar-refractivity contribution is -0.359. The SMILES string of the molecule is CC/C=C\C/C=C\C/C=C\C/C=C\C/C=C\C/C=C\C/C=C\CCCCCCCCCCCCCCCC(=O)NC(COC1OC(CO)C(OC2OC(CO)C(O)C(O)C2O)C(O)C1O)C(O)CCCCCCCC. The molecule has 0 bridgehead atoms. The standard InChI is InChI=1S/C61H105NO13/c1-3-5-7-9-11-12-13-14-15-16-17-18-19-20-21-22-23-24-25-26-27-28-29-30-31-32-33-34-35-36-37-38-39-41-43-45-53(66)62-49(50(65)44-42-40-10-8-6-4-2)48-72-60-58(71)56(69)59(52(47-64)74-60)75-61-57(70)55(68)54(67)51(46-63)73-61/h5,7,11-12,14-15,17-18,20-21,23-24,26-27,49-52,54-61,63-65,67-71H,3-4,6,8-10,13,16,19,22,25,28-48H2,1-2H3,(H,62,66)/b7-5-,12-11-,15-14-,18-17-,21-20-,24-23-,27-26-. The molecular formula is C61H105NO13. The quantitative estimate of drug-likeness (QED) is 0.0205. The van der Waals surface area contributed by atoms with Gasteiger partial charge in [-0.05, 0) is 70.6 Å². The van der Waals surface area contributed by atoms with Crippen molar-refractivity contribution in [3.8, 4) is 0 Å². The van der Waals surface area contributed by atoms with Crippen LogP contribution >= 0.6 is 0 Å². The van der Waals surface area contributed by atoms with E-state index in [1.807, 2.05) is 0 Å². The fraction of sp³-hybridized carbons (Fsp3) is 0.754. The summed E-state index contributed by atoms with van der Waals surface area (Å²) in [7, 11) is 0. The van der Waals surface area contributed by atoms with Gasteiger partial charge in [0.15, 0.2) is 12.6 Å². The number of aliphatic hydroxyl groups is 8. The maximum atomic E-state index is 13.2. The van der Waals surface area contributed by atoms with Gasteiger partial charge in [0, 0.05) is 6.42 Å². The van der Waals surface area contributed by atoms with E-state index in [4.69, 9.17) is 18.9 Å². The zero-order valence-electron chi connectivity index (χ0n) is 46.3. The van der Waals surface area contributed by atoms with Gasteiger partial charge >= 0.3 is 0 Å². The van der Waals surface area contributed by atoms with Crippen molar-refractivity contribution in [3.05, 3.63) is 85.1 Å². The Morgan fingerprint density at radius 1 is 0.493 bits per heavy atom. The number of hydrogen-bond donors (Lipinski definition) is 9. The number of aliphatic hydroxyl groups excluding tert-OH is 8. The van der Waals surface area contributed by atoms with Crippen LogP contribution in [-0.4, -0.2) is 140 Å². The van der Waals surface area contributed by atoms with Crippen molar-refractivity contribution < 1.29 is 64.6 Å². The highest BCUT2D eigenvalue weighted by Gasteiger charge is 2.51. The van der Waals surface area contributed by atoms with Gasteiger partial charge in [-0.2, -0.15) is 0 Å². The molecule has 75 heavy (non-hydrogen) atoms. The molecule has 12 unspecified atom stereocenters. The van der Waals surface area contributed by atoms with Crippen molar-refractivity contribution >= 4 is 5.91 Å². The van der Waals surface area contributed by atoms with Crippen molar-refractivity contribution in [2.24, 2.45) is 0 Å². The Labute approximate surface area is 452 Å². The molecule has 0 aromatic carbocycles. The molecule has 14 nitrogen and oxygen atoms in total. The summed E-state index contributed by atoms with van der Waals surface area (Å²) in [6, 6.07) is -0.830. The van der Waals surface area contributed by atoms with Gasteiger partial charge in [-0.3, -0.25) is 4.79 Å². The number of rotatable bonds is 45. The molecule has 0 radical (unpaired) electrons. The molecule has 0 aromatic heterocycles. The summed E-state index contributed by atoms with van der Waals surface area (Å²) in [5.74, 6) is -0.217. The first-order valence-corrected chi connectivity index (χ1v) is 29.3. The first-order valence-electron chi connectivity index (χ1n) is 29.3. The fourth-order valence-electron chi connectivity index (χ4n) is 9.16. The average Bonchev–Trinajstić information content (AvgIpc) is 3.41. The molecule has 2 saturated heterocycles. The van der Waals surface area contributed by atoms with E-state index in [9.17, 15) is 45.6 Å². The van der Waals surface area contributed by atoms with Gasteiger partial charge in [0.05, 0.1) is 32.0 Å². The summed E-state index contributed by atoms with van der Waals surface area (Å²) in [4.78, 5) is 13.2. The Kier molecular flexibility index (Phi) is 42.0. The summed E-state index contributed by atoms with van der Waals surface area (Å²) in [5, 5.41) is 86.6. The third-order valence-electron chi connectivity index (χ3n) is 13.9. The normalized spacial score (nSPS) is 25.7. The second-order valence-corrected chi connectivity index (χ2v) is 20.4. The molecule has 9 N–H and O–H groups in total. The van der Waals surface area contributed by atoms with Gasteiger partial charge in [-0.15, -0.1) is 0 Å². The summed E-state index contributed by atoms with van der Waals surface area (Å²) in [6.07, 6.45) is 45.1. The van der Waals surface area contributed by atoms with Gasteiger partial charge in [0.2, 0.25) is 5.91 Å². The van der Waals surface area contributed by atoms with Crippen LogP contribution < -0.4 is 5.32 Å². The topological polar surface area (TPSA) is 228 Å². The fourth-order valence-corrected chi connectivity index (χ4v) is 9.16. The summed E-state index contributed by atoms with van der Waals surface area (Å²) >= 11 is 0. The number of hydrogen-bond acceptors (Lipinski definition) is 13. The van der Waals surface area contributed by atoms with Crippen LogP contribution in [0.2, 0.25) is 0 Å². The van der Waals surface area contributed by atoms with Crippen LogP contribution in [0.15, 0.2) is 85.1 Å². The highest BCUT2D eigenvalue weighted by Crippen LogP contribution is 2.30. The summed E-state index contributed by atoms with van der Waals surface area (Å²) in [6.45, 7) is 2.65. The molecule has 432 valence electrons. The van der Waals surface area contributed by atoms with E-state index in [1.54, 1.807) is 0 Å². The van der Waals surface area contributed by atoms with Gasteiger partial charge in [-0.1, -0.05) is 208 Å². The van der Waals surface area contributed by atoms with Crippen molar-refractivity contribution in [2.75, 3.05) is 19.8 Å². The Hall–Kier alpha value is -2.83. The molecule has 0 spiro atoms. The number of carbonyl (C=O) groups excluding carboxylic acids is 1. The first-order chi connectivity index (χ1) is 36.6. The summed E-state index contributed by atoms with van der Waals surface area (Å²) in [5.41, 5.74) is 0. The van der Waals surface area contributed by atoms with Crippen LogP contribution in [0, 0.1) is 0 Å². The number of amides is 1. The van der Waals surface area contributed by atoms with Crippen molar-refractivity contribution in [3.63, 3.8) is 0 Å². The largest absolute Gasteiger partial charge is 0.394 e. The molecule has 2 heterocycles. The number of ether oxygens (including phenoxy) is 4. The van der Waals surface area contributed by atoms with Crippen LogP contribution in [0.25, 0.3) is 0 Å². The van der Waals surface area contributed by atoms with E-state index in [0.29, 0.717) is 12.8 Å². The lowest BCUT2D eigenvalue weighted by atomic mass is 9.97. The summed E-state index contributed by atoms with van der Waals surface area (Å²) < 4.78 is 22.7. The van der Waals surface area contributed by atoms with Crippen molar-refractivity contribution in [1.82, 2.24) is 5.32 Å². The molecule has 2 aliphatic heterocycles. The third-order valence-corrected chi connectivity index (χ3v) is 13.9. The smallest absolute Gasteiger partial charge is 0.220 e. The van der Waals surface area contributed by atoms with E-state index in [1.165, 1.54) is 57.8 Å². The van der Waals surface area contributed by atoms with E-state index >= 15 is 0 Å². The minimum atomic E-state index is -1.78. The van der Waals surface area contributed by atoms with E-state index in [0.717, 1.165) is 116 Å². The van der Waals surface area contributed by atoms with E-state index in [2.05, 4.69) is 104 Å². The van der Waals surface area contributed by atoms with Crippen LogP contribution in [-0.2, 0) is 23.7 Å². The molecule has 2 fully saturated rings. The minimum absolute atomic E-state index is 0.217. The molecule has 0 saturated carbocycles. The minimum Gasteiger partial charge on any atom is -0.394 e. The molecule has 2 aliphatic rings. The second-order valence-electron chi connectivity index (χ2n) is 20.4. The molecule has 0 aromatic rings. The molecule has 14 heteroatoms. The van der Waals surface area contributed by atoms with Crippen LogP contribution in [0.4, 0.5) is 0 Å². The Balaban J connectivity index is 1.56. The molecule has 1 amide bonds. The number of allylic oxidation sites excluding steroid dienone is 14. The van der Waals surface area contributed by atoms with Crippen LogP contribution in [0.3, 0.4) is 0 Å². The zero-order valence-corrected chi connectivity index (χ0v) is 46.3. The first kappa shape index (κ1) is 68.3.